The second-order valence-corrected chi connectivity index (χ2v) is 7.89. The van der Waals surface area contributed by atoms with Crippen LogP contribution in [0.5, 0.6) is 0 Å². The third kappa shape index (κ3) is 4.40. The van der Waals surface area contributed by atoms with Gasteiger partial charge in [0.05, 0.1) is 18.9 Å². The molecule has 2 aromatic rings. The highest BCUT2D eigenvalue weighted by atomic mass is 32.1. The highest BCUT2D eigenvalue weighted by Crippen LogP contribution is 2.38. The predicted octanol–water partition coefficient (Wildman–Crippen LogP) is 3.50. The first kappa shape index (κ1) is 18.8. The van der Waals surface area contributed by atoms with E-state index in [1.165, 1.54) is 18.4 Å². The van der Waals surface area contributed by atoms with Gasteiger partial charge in [-0.25, -0.2) is 14.6 Å². The van der Waals surface area contributed by atoms with Crippen LogP contribution in [0.25, 0.3) is 0 Å². The number of ether oxygens (including phenoxy) is 1. The molecular weight excluding hydrogens is 374 g/mol. The van der Waals surface area contributed by atoms with E-state index in [2.05, 4.69) is 15.6 Å². The maximum absolute atomic E-state index is 12.1. The van der Waals surface area contributed by atoms with Gasteiger partial charge in [0, 0.05) is 12.5 Å². The summed E-state index contributed by atoms with van der Waals surface area (Å²) in [5.41, 5.74) is 1.48. The quantitative estimate of drug-likeness (QED) is 0.650. The lowest BCUT2D eigenvalue weighted by Gasteiger charge is -2.10. The van der Waals surface area contributed by atoms with Gasteiger partial charge in [-0.05, 0) is 35.2 Å². The molecule has 2 amide bonds. The number of esters is 1. The molecule has 1 aliphatic rings. The number of carbonyl (C=O) groups is 2. The van der Waals surface area contributed by atoms with Gasteiger partial charge < -0.3 is 15.2 Å². The van der Waals surface area contributed by atoms with Crippen molar-refractivity contribution in [2.24, 2.45) is 0 Å². The summed E-state index contributed by atoms with van der Waals surface area (Å²) in [6.07, 6.45) is 3.46. The molecule has 0 bridgehead atoms. The van der Waals surface area contributed by atoms with E-state index >= 15 is 0 Å². The average molecular weight is 396 g/mol. The molecule has 26 heavy (non-hydrogen) atoms. The van der Waals surface area contributed by atoms with Crippen LogP contribution in [0.3, 0.4) is 0 Å². The average Bonchev–Trinajstić information content (AvgIpc) is 3.39. The summed E-state index contributed by atoms with van der Waals surface area (Å²) in [5.74, 6) is -0.190. The number of rotatable bonds is 6. The monoisotopic (exact) mass is 395 g/mol. The van der Waals surface area contributed by atoms with Crippen molar-refractivity contribution >= 4 is 39.8 Å². The molecule has 3 rings (SSSR count). The first-order valence-corrected chi connectivity index (χ1v) is 10.2. The van der Waals surface area contributed by atoms with Gasteiger partial charge >= 0.3 is 12.0 Å². The first-order valence-electron chi connectivity index (χ1n) is 8.42. The van der Waals surface area contributed by atoms with Gasteiger partial charge in [-0.2, -0.15) is 11.3 Å². The fourth-order valence-electron chi connectivity index (χ4n) is 3.01. The molecule has 0 radical (unpaired) electrons. The highest BCUT2D eigenvalue weighted by molar-refractivity contribution is 7.17. The van der Waals surface area contributed by atoms with Gasteiger partial charge in [-0.15, -0.1) is 0 Å². The topological polar surface area (TPSA) is 101 Å². The number of amides is 2. The number of hydrogen-bond acceptors (Lipinski definition) is 7. The summed E-state index contributed by atoms with van der Waals surface area (Å²) in [4.78, 5) is 29.0. The van der Waals surface area contributed by atoms with Gasteiger partial charge in [0.1, 0.15) is 4.88 Å². The van der Waals surface area contributed by atoms with Crippen LogP contribution in [-0.2, 0) is 4.74 Å². The second kappa shape index (κ2) is 8.61. The number of urea groups is 1. The summed E-state index contributed by atoms with van der Waals surface area (Å²) in [6.45, 7) is 0.0906. The minimum atomic E-state index is -0.761. The first-order chi connectivity index (χ1) is 12.6. The molecule has 1 fully saturated rings. The Kier molecular flexibility index (Phi) is 6.23. The molecule has 1 atom stereocenters. The number of hydrogen-bond donors (Lipinski definition) is 3. The largest absolute Gasteiger partial charge is 0.465 e. The number of thiazole rings is 1. The minimum Gasteiger partial charge on any atom is -0.465 e. The molecule has 1 aliphatic carbocycles. The standard InChI is InChI=1S/C17H21N3O4S2/c1-24-15(22)14-13(10-4-2-3-5-10)19-17(26-14)20-16(23)18-8-12(21)11-6-7-25-9-11/h6-7,9-10,12,21H,2-5,8H2,1H3,(H2,18,19,20,23)/t12-/m1/s1. The summed E-state index contributed by atoms with van der Waals surface area (Å²) in [6, 6.07) is 1.34. The third-order valence-electron chi connectivity index (χ3n) is 4.37. The Morgan fingerprint density at radius 1 is 1.42 bits per heavy atom. The van der Waals surface area contributed by atoms with Crippen molar-refractivity contribution in [1.29, 1.82) is 0 Å². The molecule has 140 valence electrons. The molecule has 0 saturated heterocycles. The minimum absolute atomic E-state index is 0.0906. The smallest absolute Gasteiger partial charge is 0.350 e. The zero-order valence-electron chi connectivity index (χ0n) is 14.4. The number of nitrogens with one attached hydrogen (secondary N) is 2. The summed E-state index contributed by atoms with van der Waals surface area (Å²) in [5, 5.41) is 19.3. The summed E-state index contributed by atoms with van der Waals surface area (Å²) >= 11 is 2.61. The van der Waals surface area contributed by atoms with E-state index in [1.807, 2.05) is 16.8 Å². The lowest BCUT2D eigenvalue weighted by molar-refractivity contribution is 0.0604. The van der Waals surface area contributed by atoms with Crippen LogP contribution in [0.1, 0.15) is 58.6 Å². The lowest BCUT2D eigenvalue weighted by atomic mass is 10.0. The Labute approximate surface area is 159 Å². The Hall–Kier alpha value is -1.97. The maximum atomic E-state index is 12.1. The highest BCUT2D eigenvalue weighted by Gasteiger charge is 2.28. The Morgan fingerprint density at radius 3 is 2.85 bits per heavy atom. The molecule has 3 N–H and O–H groups in total. The predicted molar refractivity (Wildman–Crippen MR) is 101 cm³/mol. The molecule has 0 aromatic carbocycles. The van der Waals surface area contributed by atoms with Crippen LogP contribution < -0.4 is 10.6 Å². The van der Waals surface area contributed by atoms with Crippen LogP contribution in [0.4, 0.5) is 9.93 Å². The van der Waals surface area contributed by atoms with E-state index in [9.17, 15) is 14.7 Å². The van der Waals surface area contributed by atoms with Crippen LogP contribution in [0.2, 0.25) is 0 Å². The molecule has 0 aliphatic heterocycles. The van der Waals surface area contributed by atoms with E-state index in [1.54, 1.807) is 0 Å². The molecule has 0 unspecified atom stereocenters. The number of anilines is 1. The number of aliphatic hydroxyl groups excluding tert-OH is 1. The van der Waals surface area contributed by atoms with Crippen molar-refractivity contribution < 1.29 is 19.4 Å². The van der Waals surface area contributed by atoms with E-state index in [-0.39, 0.29) is 12.5 Å². The molecule has 9 heteroatoms. The molecule has 2 heterocycles. The Balaban J connectivity index is 1.63. The van der Waals surface area contributed by atoms with Crippen molar-refractivity contribution in [2.45, 2.75) is 37.7 Å². The van der Waals surface area contributed by atoms with Crippen LogP contribution in [0, 0.1) is 0 Å². The number of aliphatic hydroxyl groups is 1. The van der Waals surface area contributed by atoms with Gasteiger partial charge in [0.15, 0.2) is 5.13 Å². The number of thiophene rings is 1. The van der Waals surface area contributed by atoms with E-state index in [4.69, 9.17) is 4.74 Å². The van der Waals surface area contributed by atoms with E-state index in [0.29, 0.717) is 15.7 Å². The van der Waals surface area contributed by atoms with Gasteiger partial charge in [0.2, 0.25) is 0 Å². The van der Waals surface area contributed by atoms with Crippen LogP contribution in [-0.4, -0.2) is 35.7 Å². The number of methoxy groups -OCH3 is 1. The summed E-state index contributed by atoms with van der Waals surface area (Å²) < 4.78 is 4.85. The second-order valence-electron chi connectivity index (χ2n) is 6.11. The molecule has 2 aromatic heterocycles. The molecular formula is C17H21N3O4S2. The molecule has 1 saturated carbocycles. The normalized spacial score (nSPS) is 15.6. The van der Waals surface area contributed by atoms with Crippen molar-refractivity contribution in [3.63, 3.8) is 0 Å². The van der Waals surface area contributed by atoms with E-state index in [0.717, 1.165) is 42.6 Å². The maximum Gasteiger partial charge on any atom is 0.350 e. The van der Waals surface area contributed by atoms with Crippen molar-refractivity contribution in [1.82, 2.24) is 10.3 Å². The lowest BCUT2D eigenvalue weighted by Crippen LogP contribution is -2.32. The van der Waals surface area contributed by atoms with Crippen LogP contribution in [0.15, 0.2) is 16.8 Å². The molecule has 0 spiro atoms. The Bertz CT molecular complexity index is 754. The van der Waals surface area contributed by atoms with Gasteiger partial charge in [-0.3, -0.25) is 5.32 Å². The number of nitrogens with zero attached hydrogens (tertiary/aromatic N) is 1. The zero-order chi connectivity index (χ0) is 18.5. The Morgan fingerprint density at radius 2 is 2.19 bits per heavy atom. The van der Waals surface area contributed by atoms with Gasteiger partial charge in [0.25, 0.3) is 0 Å². The fraction of sp³-hybridized carbons (Fsp3) is 0.471. The molecule has 7 nitrogen and oxygen atoms in total. The fourth-order valence-corrected chi connectivity index (χ4v) is 4.69. The number of aromatic nitrogens is 1. The third-order valence-corrected chi connectivity index (χ3v) is 6.04. The van der Waals surface area contributed by atoms with Crippen molar-refractivity contribution in [2.75, 3.05) is 19.0 Å². The SMILES string of the molecule is COC(=O)c1sc(NC(=O)NC[C@@H](O)c2ccsc2)nc1C1CCCC1. The zero-order valence-corrected chi connectivity index (χ0v) is 16.0. The van der Waals surface area contributed by atoms with Gasteiger partial charge in [-0.1, -0.05) is 24.2 Å². The summed E-state index contributed by atoms with van der Waals surface area (Å²) in [7, 11) is 1.34. The van der Waals surface area contributed by atoms with Crippen molar-refractivity contribution in [3.05, 3.63) is 33.0 Å². The van der Waals surface area contributed by atoms with Crippen molar-refractivity contribution in [3.8, 4) is 0 Å². The van der Waals surface area contributed by atoms with E-state index < -0.39 is 18.1 Å². The van der Waals surface area contributed by atoms with Crippen LogP contribution >= 0.6 is 22.7 Å². The number of carbonyl (C=O) groups excluding carboxylic acids is 2.